The minimum atomic E-state index is 0.0329. The van der Waals surface area contributed by atoms with Crippen LogP contribution in [0.15, 0.2) is 18.6 Å². The summed E-state index contributed by atoms with van der Waals surface area (Å²) in [6, 6.07) is 2.44. The lowest BCUT2D eigenvalue weighted by Gasteiger charge is -2.22. The molecule has 0 aliphatic rings. The predicted molar refractivity (Wildman–Crippen MR) is 71.3 cm³/mol. The Kier molecular flexibility index (Phi) is 2.81. The van der Waals surface area contributed by atoms with Gasteiger partial charge in [-0.25, -0.2) is 9.97 Å². The summed E-state index contributed by atoms with van der Waals surface area (Å²) in [5, 5.41) is 4.43. The average molecular weight is 232 g/mol. The fourth-order valence-corrected chi connectivity index (χ4v) is 1.88. The number of hydrogen-bond acceptors (Lipinski definition) is 3. The summed E-state index contributed by atoms with van der Waals surface area (Å²) in [5.74, 6) is 0.910. The average Bonchev–Trinajstić information content (AvgIpc) is 2.60. The van der Waals surface area contributed by atoms with Gasteiger partial charge in [-0.1, -0.05) is 0 Å². The van der Waals surface area contributed by atoms with Crippen molar-refractivity contribution in [2.24, 2.45) is 0 Å². The zero-order chi connectivity index (χ0) is 12.6. The molecular formula is C13H20N4. The largest absolute Gasteiger partial charge is 0.367 e. The van der Waals surface area contributed by atoms with Crippen LogP contribution in [0, 0.1) is 0 Å². The van der Waals surface area contributed by atoms with Gasteiger partial charge in [-0.15, -0.1) is 0 Å². The Morgan fingerprint density at radius 3 is 2.53 bits per heavy atom. The number of anilines is 1. The first-order valence-corrected chi connectivity index (χ1v) is 5.98. The monoisotopic (exact) mass is 232 g/mol. The molecule has 2 rings (SSSR count). The van der Waals surface area contributed by atoms with Gasteiger partial charge in [-0.2, -0.15) is 0 Å². The molecule has 0 atom stereocenters. The molecule has 0 bridgehead atoms. The van der Waals surface area contributed by atoms with E-state index in [0.717, 1.165) is 16.9 Å². The zero-order valence-electron chi connectivity index (χ0n) is 11.2. The molecule has 92 valence electrons. The van der Waals surface area contributed by atoms with Crippen LogP contribution < -0.4 is 5.32 Å². The number of aromatic nitrogens is 3. The molecular weight excluding hydrogens is 212 g/mol. The highest BCUT2D eigenvalue weighted by molar-refractivity contribution is 5.87. The molecule has 2 aromatic rings. The summed E-state index contributed by atoms with van der Waals surface area (Å²) in [7, 11) is 0. The van der Waals surface area contributed by atoms with Gasteiger partial charge in [0.1, 0.15) is 17.8 Å². The third-order valence-corrected chi connectivity index (χ3v) is 2.63. The van der Waals surface area contributed by atoms with Gasteiger partial charge in [0.15, 0.2) is 0 Å². The molecule has 0 amide bonds. The summed E-state index contributed by atoms with van der Waals surface area (Å²) in [5.41, 5.74) is 1.02. The summed E-state index contributed by atoms with van der Waals surface area (Å²) >= 11 is 0. The molecule has 0 aliphatic heterocycles. The molecule has 4 heteroatoms. The number of rotatable bonds is 2. The van der Waals surface area contributed by atoms with Crippen molar-refractivity contribution >= 4 is 16.9 Å². The molecule has 0 unspecified atom stereocenters. The van der Waals surface area contributed by atoms with E-state index in [0.29, 0.717) is 6.04 Å². The maximum Gasteiger partial charge on any atom is 0.145 e. The molecule has 2 heterocycles. The molecule has 0 radical (unpaired) electrons. The first kappa shape index (κ1) is 11.9. The lowest BCUT2D eigenvalue weighted by atomic mass is 10.1. The van der Waals surface area contributed by atoms with Crippen molar-refractivity contribution in [2.75, 3.05) is 5.32 Å². The van der Waals surface area contributed by atoms with E-state index in [9.17, 15) is 0 Å². The first-order valence-electron chi connectivity index (χ1n) is 5.98. The molecule has 0 fully saturated rings. The van der Waals surface area contributed by atoms with E-state index in [1.807, 2.05) is 0 Å². The second-order valence-corrected chi connectivity index (χ2v) is 5.62. The van der Waals surface area contributed by atoms with E-state index >= 15 is 0 Å². The topological polar surface area (TPSA) is 42.7 Å². The lowest BCUT2D eigenvalue weighted by Crippen LogP contribution is -2.21. The summed E-state index contributed by atoms with van der Waals surface area (Å²) < 4.78 is 2.18. The van der Waals surface area contributed by atoms with Crippen molar-refractivity contribution in [3.63, 3.8) is 0 Å². The fraction of sp³-hybridized carbons (Fsp3) is 0.538. The standard InChI is InChI=1S/C13H20N4/c1-9(2)16-11-10-6-7-17(13(3,4)5)12(10)15-8-14-11/h6-9H,1-5H3,(H,14,15,16). The zero-order valence-corrected chi connectivity index (χ0v) is 11.2. The van der Waals surface area contributed by atoms with Crippen molar-refractivity contribution in [2.45, 2.75) is 46.2 Å². The molecule has 0 aromatic carbocycles. The van der Waals surface area contributed by atoms with Crippen molar-refractivity contribution in [3.8, 4) is 0 Å². The maximum atomic E-state index is 4.39. The third kappa shape index (κ3) is 2.25. The van der Waals surface area contributed by atoms with Gasteiger partial charge in [-0.05, 0) is 40.7 Å². The molecule has 0 aliphatic carbocycles. The smallest absolute Gasteiger partial charge is 0.145 e. The van der Waals surface area contributed by atoms with Crippen LogP contribution in [0.4, 0.5) is 5.82 Å². The second-order valence-electron chi connectivity index (χ2n) is 5.62. The molecule has 4 nitrogen and oxygen atoms in total. The second kappa shape index (κ2) is 4.02. The molecule has 1 N–H and O–H groups in total. The fourth-order valence-electron chi connectivity index (χ4n) is 1.88. The quantitative estimate of drug-likeness (QED) is 0.865. The minimum absolute atomic E-state index is 0.0329. The van der Waals surface area contributed by atoms with Gasteiger partial charge in [0, 0.05) is 17.8 Å². The van der Waals surface area contributed by atoms with Crippen LogP contribution in [0.25, 0.3) is 11.0 Å². The van der Waals surface area contributed by atoms with Crippen molar-refractivity contribution in [1.82, 2.24) is 14.5 Å². The molecule has 0 saturated heterocycles. The van der Waals surface area contributed by atoms with Crippen LogP contribution in [0.1, 0.15) is 34.6 Å². The number of nitrogens with one attached hydrogen (secondary N) is 1. The normalized spacial score (nSPS) is 12.4. The highest BCUT2D eigenvalue weighted by atomic mass is 15.1. The van der Waals surface area contributed by atoms with E-state index in [-0.39, 0.29) is 5.54 Å². The van der Waals surface area contributed by atoms with Gasteiger partial charge in [0.2, 0.25) is 0 Å². The molecule has 0 saturated carbocycles. The van der Waals surface area contributed by atoms with Gasteiger partial charge in [0.25, 0.3) is 0 Å². The van der Waals surface area contributed by atoms with Gasteiger partial charge in [-0.3, -0.25) is 0 Å². The Labute approximate surface area is 102 Å². The third-order valence-electron chi connectivity index (χ3n) is 2.63. The van der Waals surface area contributed by atoms with Gasteiger partial charge >= 0.3 is 0 Å². The molecule has 0 spiro atoms. The van der Waals surface area contributed by atoms with Crippen LogP contribution in [-0.4, -0.2) is 20.6 Å². The first-order chi connectivity index (χ1) is 7.89. The highest BCUT2D eigenvalue weighted by Crippen LogP contribution is 2.26. The number of hydrogen-bond donors (Lipinski definition) is 1. The number of nitrogens with zero attached hydrogens (tertiary/aromatic N) is 3. The molecule has 17 heavy (non-hydrogen) atoms. The minimum Gasteiger partial charge on any atom is -0.367 e. The summed E-state index contributed by atoms with van der Waals surface area (Å²) in [6.45, 7) is 10.7. The van der Waals surface area contributed by atoms with Crippen molar-refractivity contribution in [1.29, 1.82) is 0 Å². The van der Waals surface area contributed by atoms with E-state index in [1.54, 1.807) is 6.33 Å². The van der Waals surface area contributed by atoms with E-state index < -0.39 is 0 Å². The van der Waals surface area contributed by atoms with Gasteiger partial charge < -0.3 is 9.88 Å². The Morgan fingerprint density at radius 2 is 1.94 bits per heavy atom. The number of fused-ring (bicyclic) bond motifs is 1. The Morgan fingerprint density at radius 1 is 1.24 bits per heavy atom. The van der Waals surface area contributed by atoms with Crippen LogP contribution in [0.2, 0.25) is 0 Å². The van der Waals surface area contributed by atoms with Gasteiger partial charge in [0.05, 0.1) is 5.39 Å². The van der Waals surface area contributed by atoms with Crippen LogP contribution in [-0.2, 0) is 5.54 Å². The summed E-state index contributed by atoms with van der Waals surface area (Å²) in [6.07, 6.45) is 3.69. The van der Waals surface area contributed by atoms with E-state index in [4.69, 9.17) is 0 Å². The Bertz CT molecular complexity index is 520. The maximum absolute atomic E-state index is 4.39. The SMILES string of the molecule is CC(C)Nc1ncnc2c1ccn2C(C)(C)C. The van der Waals surface area contributed by atoms with E-state index in [2.05, 4.69) is 66.7 Å². The summed E-state index contributed by atoms with van der Waals surface area (Å²) in [4.78, 5) is 8.69. The van der Waals surface area contributed by atoms with Crippen LogP contribution >= 0.6 is 0 Å². The Balaban J connectivity index is 2.57. The van der Waals surface area contributed by atoms with Crippen LogP contribution in [0.5, 0.6) is 0 Å². The van der Waals surface area contributed by atoms with Crippen molar-refractivity contribution in [3.05, 3.63) is 18.6 Å². The van der Waals surface area contributed by atoms with E-state index in [1.165, 1.54) is 0 Å². The lowest BCUT2D eigenvalue weighted by molar-refractivity contribution is 0.408. The van der Waals surface area contributed by atoms with Crippen molar-refractivity contribution < 1.29 is 0 Å². The predicted octanol–water partition coefficient (Wildman–Crippen LogP) is 3.01. The highest BCUT2D eigenvalue weighted by Gasteiger charge is 2.17. The van der Waals surface area contributed by atoms with Crippen LogP contribution in [0.3, 0.4) is 0 Å². The Hall–Kier alpha value is -1.58. The molecule has 2 aromatic heterocycles.